The molecule has 29 heavy (non-hydrogen) atoms. The van der Waals surface area contributed by atoms with Crippen LogP contribution < -0.4 is 0 Å². The lowest BCUT2D eigenvalue weighted by molar-refractivity contribution is -0.133. The van der Waals surface area contributed by atoms with Crippen molar-refractivity contribution in [2.45, 2.75) is 70.9 Å². The number of ketones is 1. The van der Waals surface area contributed by atoms with Crippen molar-refractivity contribution in [1.82, 2.24) is 9.47 Å². The van der Waals surface area contributed by atoms with E-state index in [9.17, 15) is 14.0 Å². The first kappa shape index (κ1) is 20.4. The van der Waals surface area contributed by atoms with Crippen LogP contribution in [0.2, 0.25) is 5.02 Å². The number of hydrogen-bond donors (Lipinski definition) is 0. The third-order valence-corrected chi connectivity index (χ3v) is 6.90. The van der Waals surface area contributed by atoms with Gasteiger partial charge in [-0.3, -0.25) is 9.59 Å². The largest absolute Gasteiger partial charge is 0.345 e. The van der Waals surface area contributed by atoms with Crippen LogP contribution in [0.1, 0.15) is 68.6 Å². The van der Waals surface area contributed by atoms with Crippen molar-refractivity contribution >= 4 is 34.2 Å². The van der Waals surface area contributed by atoms with Crippen LogP contribution >= 0.6 is 11.6 Å². The van der Waals surface area contributed by atoms with Crippen molar-refractivity contribution in [3.63, 3.8) is 0 Å². The number of likely N-dealkylation sites (tertiary alicyclic amines) is 1. The Kier molecular flexibility index (Phi) is 5.95. The van der Waals surface area contributed by atoms with Crippen molar-refractivity contribution in [1.29, 1.82) is 0 Å². The maximum atomic E-state index is 14.6. The van der Waals surface area contributed by atoms with E-state index in [2.05, 4.69) is 0 Å². The van der Waals surface area contributed by atoms with Crippen molar-refractivity contribution in [3.8, 4) is 0 Å². The molecule has 1 aliphatic heterocycles. The topological polar surface area (TPSA) is 42.3 Å². The number of hydrogen-bond acceptors (Lipinski definition) is 2. The number of nitrogens with zero attached hydrogens (tertiary/aromatic N) is 2. The molecule has 0 bridgehead atoms. The molecule has 6 heteroatoms. The molecule has 2 aliphatic rings. The summed E-state index contributed by atoms with van der Waals surface area (Å²) < 4.78 is 16.6. The molecule has 1 atom stereocenters. The summed E-state index contributed by atoms with van der Waals surface area (Å²) in [6, 6.07) is 3.37. The zero-order valence-electron chi connectivity index (χ0n) is 16.9. The van der Waals surface area contributed by atoms with Crippen molar-refractivity contribution in [2.24, 2.45) is 5.92 Å². The van der Waals surface area contributed by atoms with Gasteiger partial charge in [0.2, 0.25) is 5.91 Å². The highest BCUT2D eigenvalue weighted by molar-refractivity contribution is 6.31. The van der Waals surface area contributed by atoms with Crippen LogP contribution in [0.5, 0.6) is 0 Å². The van der Waals surface area contributed by atoms with Crippen LogP contribution in [-0.4, -0.2) is 33.7 Å². The molecule has 4 rings (SSSR count). The molecule has 1 aliphatic carbocycles. The standard InChI is InChI=1S/C23H28ClFN2O2/c1-15(28)18-14-26(20-10-9-19(24)23(25)22(18)20)13-17-8-5-11-27(17)21(29)12-16-6-3-2-4-7-16/h9-10,14,16-17H,2-8,11-13H2,1H3/t17-/m0/s1. The van der Waals surface area contributed by atoms with E-state index in [0.29, 0.717) is 30.0 Å². The van der Waals surface area contributed by atoms with Gasteiger partial charge >= 0.3 is 0 Å². The highest BCUT2D eigenvalue weighted by atomic mass is 35.5. The lowest BCUT2D eigenvalue weighted by Crippen LogP contribution is -2.39. The second-order valence-electron chi connectivity index (χ2n) is 8.60. The zero-order chi connectivity index (χ0) is 20.5. The van der Waals surface area contributed by atoms with Gasteiger partial charge in [-0.15, -0.1) is 0 Å². The van der Waals surface area contributed by atoms with Gasteiger partial charge in [0.15, 0.2) is 11.6 Å². The van der Waals surface area contributed by atoms with Gasteiger partial charge in [-0.2, -0.15) is 0 Å². The second-order valence-corrected chi connectivity index (χ2v) is 9.01. The van der Waals surface area contributed by atoms with E-state index >= 15 is 0 Å². The molecular weight excluding hydrogens is 391 g/mol. The molecule has 2 aromatic rings. The SMILES string of the molecule is CC(=O)c1cn(C[C@@H]2CCCN2C(=O)CC2CCCCC2)c2ccc(Cl)c(F)c12. The smallest absolute Gasteiger partial charge is 0.223 e. The van der Waals surface area contributed by atoms with Gasteiger partial charge in [-0.25, -0.2) is 4.39 Å². The molecular formula is C23H28ClFN2O2. The van der Waals surface area contributed by atoms with E-state index in [1.165, 1.54) is 32.3 Å². The van der Waals surface area contributed by atoms with Gasteiger partial charge in [-0.05, 0) is 50.7 Å². The molecule has 1 aromatic carbocycles. The van der Waals surface area contributed by atoms with Gasteiger partial charge in [0, 0.05) is 42.7 Å². The lowest BCUT2D eigenvalue weighted by Gasteiger charge is -2.28. The fourth-order valence-electron chi connectivity index (χ4n) is 5.08. The van der Waals surface area contributed by atoms with E-state index in [1.807, 2.05) is 9.47 Å². The molecule has 0 radical (unpaired) electrons. The van der Waals surface area contributed by atoms with Gasteiger partial charge in [0.1, 0.15) is 0 Å². The van der Waals surface area contributed by atoms with Crippen molar-refractivity contribution in [3.05, 3.63) is 34.7 Å². The number of aromatic nitrogens is 1. The monoisotopic (exact) mass is 418 g/mol. The van der Waals surface area contributed by atoms with Crippen molar-refractivity contribution in [2.75, 3.05) is 6.54 Å². The molecule has 1 amide bonds. The first-order chi connectivity index (χ1) is 14.0. The van der Waals surface area contributed by atoms with E-state index in [0.717, 1.165) is 32.2 Å². The summed E-state index contributed by atoms with van der Waals surface area (Å²) >= 11 is 5.95. The molecule has 156 valence electrons. The number of fused-ring (bicyclic) bond motifs is 1. The number of carbonyl (C=O) groups is 2. The third-order valence-electron chi connectivity index (χ3n) is 6.61. The Morgan fingerprint density at radius 3 is 2.62 bits per heavy atom. The number of benzene rings is 1. The minimum atomic E-state index is -0.551. The number of amides is 1. The van der Waals surface area contributed by atoms with Crippen molar-refractivity contribution < 1.29 is 14.0 Å². The quantitative estimate of drug-likeness (QED) is 0.593. The molecule has 4 nitrogen and oxygen atoms in total. The predicted octanol–water partition coefficient (Wildman–Crippen LogP) is 5.60. The van der Waals surface area contributed by atoms with Crippen LogP contribution in [0, 0.1) is 11.7 Å². The normalized spacial score (nSPS) is 20.5. The van der Waals surface area contributed by atoms with E-state index in [4.69, 9.17) is 11.6 Å². The molecule has 1 saturated heterocycles. The Hall–Kier alpha value is -1.88. The summed E-state index contributed by atoms with van der Waals surface area (Å²) in [6.45, 7) is 2.80. The molecule has 2 fully saturated rings. The second kappa shape index (κ2) is 8.47. The van der Waals surface area contributed by atoms with Gasteiger partial charge in [0.25, 0.3) is 0 Å². The van der Waals surface area contributed by atoms with E-state index < -0.39 is 5.82 Å². The highest BCUT2D eigenvalue weighted by Gasteiger charge is 2.31. The summed E-state index contributed by atoms with van der Waals surface area (Å²) in [5.74, 6) is 0.0266. The molecule has 0 unspecified atom stereocenters. The predicted molar refractivity (Wildman–Crippen MR) is 113 cm³/mol. The van der Waals surface area contributed by atoms with Crippen LogP contribution in [0.25, 0.3) is 10.9 Å². The average Bonchev–Trinajstić information content (AvgIpc) is 3.31. The zero-order valence-corrected chi connectivity index (χ0v) is 17.7. The van der Waals surface area contributed by atoms with Gasteiger partial charge < -0.3 is 9.47 Å². The third kappa shape index (κ3) is 4.07. The Labute approximate surface area is 176 Å². The average molecular weight is 419 g/mol. The fraction of sp³-hybridized carbons (Fsp3) is 0.565. The van der Waals surface area contributed by atoms with E-state index in [-0.39, 0.29) is 28.1 Å². The number of Topliss-reactive ketones (excluding diaryl/α,β-unsaturated/α-hetero) is 1. The Morgan fingerprint density at radius 1 is 1.14 bits per heavy atom. The molecule has 0 N–H and O–H groups in total. The first-order valence-corrected chi connectivity index (χ1v) is 11.1. The van der Waals surface area contributed by atoms with Crippen LogP contribution in [0.3, 0.4) is 0 Å². The number of rotatable bonds is 5. The summed E-state index contributed by atoms with van der Waals surface area (Å²) in [6.07, 6.45) is 10.4. The summed E-state index contributed by atoms with van der Waals surface area (Å²) in [7, 11) is 0. The van der Waals surface area contributed by atoms with Crippen LogP contribution in [0.4, 0.5) is 4.39 Å². The highest BCUT2D eigenvalue weighted by Crippen LogP contribution is 2.32. The minimum Gasteiger partial charge on any atom is -0.345 e. The molecule has 0 spiro atoms. The fourth-order valence-corrected chi connectivity index (χ4v) is 5.24. The van der Waals surface area contributed by atoms with Gasteiger partial charge in [-0.1, -0.05) is 30.9 Å². The maximum Gasteiger partial charge on any atom is 0.223 e. The summed E-state index contributed by atoms with van der Waals surface area (Å²) in [5.41, 5.74) is 1.00. The first-order valence-electron chi connectivity index (χ1n) is 10.7. The Bertz CT molecular complexity index is 933. The van der Waals surface area contributed by atoms with E-state index in [1.54, 1.807) is 12.3 Å². The number of halogens is 2. The number of carbonyl (C=O) groups excluding carboxylic acids is 2. The molecule has 2 heterocycles. The summed E-state index contributed by atoms with van der Waals surface area (Å²) in [5, 5.41) is 0.297. The molecule has 1 saturated carbocycles. The summed E-state index contributed by atoms with van der Waals surface area (Å²) in [4.78, 5) is 27.1. The van der Waals surface area contributed by atoms with Crippen LogP contribution in [0.15, 0.2) is 18.3 Å². The van der Waals surface area contributed by atoms with Crippen LogP contribution in [-0.2, 0) is 11.3 Å². The lowest BCUT2D eigenvalue weighted by atomic mass is 9.86. The Balaban J connectivity index is 1.56. The minimum absolute atomic E-state index is 0.0166. The Morgan fingerprint density at radius 2 is 1.90 bits per heavy atom. The van der Waals surface area contributed by atoms with Gasteiger partial charge in [0.05, 0.1) is 10.5 Å². The maximum absolute atomic E-state index is 14.6. The molecule has 1 aromatic heterocycles.